The molecule has 1 N–H and O–H groups in total. The molecular formula is C28H34F3N. The summed E-state index contributed by atoms with van der Waals surface area (Å²) in [5, 5.41) is 3.23. The summed E-state index contributed by atoms with van der Waals surface area (Å²) in [5.41, 5.74) is 4.51. The van der Waals surface area contributed by atoms with E-state index in [0.717, 1.165) is 30.2 Å². The fourth-order valence-corrected chi connectivity index (χ4v) is 3.72. The van der Waals surface area contributed by atoms with Crippen LogP contribution < -0.4 is 5.32 Å². The summed E-state index contributed by atoms with van der Waals surface area (Å²) in [6.45, 7) is 12.6. The molecule has 32 heavy (non-hydrogen) atoms. The van der Waals surface area contributed by atoms with Gasteiger partial charge in [0.25, 0.3) is 5.92 Å². The minimum atomic E-state index is -2.95. The maximum Gasteiger partial charge on any atom is 0.252 e. The van der Waals surface area contributed by atoms with E-state index in [1.807, 2.05) is 32.0 Å². The quantitative estimate of drug-likeness (QED) is 0.363. The molecule has 1 nitrogen and oxygen atoms in total. The van der Waals surface area contributed by atoms with Gasteiger partial charge in [-0.05, 0) is 67.5 Å². The highest BCUT2D eigenvalue weighted by atomic mass is 19.3. The van der Waals surface area contributed by atoms with Crippen molar-refractivity contribution in [3.05, 3.63) is 89.3 Å². The number of hydrogen-bond donors (Lipinski definition) is 1. The number of nitrogens with one attached hydrogen (secondary N) is 1. The molecule has 0 radical (unpaired) electrons. The Morgan fingerprint density at radius 1 is 1.09 bits per heavy atom. The summed E-state index contributed by atoms with van der Waals surface area (Å²) in [5.74, 6) is -5.20. The predicted octanol–water partition coefficient (Wildman–Crippen LogP) is 8.98. The van der Waals surface area contributed by atoms with Crippen molar-refractivity contribution < 1.29 is 13.2 Å². The van der Waals surface area contributed by atoms with Gasteiger partial charge in [-0.3, -0.25) is 0 Å². The number of rotatable bonds is 10. The second kappa shape index (κ2) is 11.2. The third kappa shape index (κ3) is 6.62. The van der Waals surface area contributed by atoms with Crippen LogP contribution in [0.2, 0.25) is 0 Å². The molecular weight excluding hydrogens is 407 g/mol. The Bertz CT molecular complexity index is 983. The summed E-state index contributed by atoms with van der Waals surface area (Å²) < 4.78 is 43.3. The van der Waals surface area contributed by atoms with Crippen LogP contribution in [0, 0.1) is 18.7 Å². The molecule has 0 spiro atoms. The van der Waals surface area contributed by atoms with Crippen molar-refractivity contribution in [1.29, 1.82) is 0 Å². The van der Waals surface area contributed by atoms with Gasteiger partial charge in [0.15, 0.2) is 0 Å². The predicted molar refractivity (Wildman–Crippen MR) is 132 cm³/mol. The first kappa shape index (κ1) is 25.5. The lowest BCUT2D eigenvalue weighted by Gasteiger charge is -2.27. The molecule has 2 unspecified atom stereocenters. The molecule has 0 aliphatic carbocycles. The first-order valence-corrected chi connectivity index (χ1v) is 11.2. The zero-order valence-corrected chi connectivity index (χ0v) is 19.7. The van der Waals surface area contributed by atoms with Crippen LogP contribution in [0.1, 0.15) is 68.7 Å². The number of alkyl halides is 2. The molecule has 0 heterocycles. The van der Waals surface area contributed by atoms with Crippen molar-refractivity contribution in [2.45, 2.75) is 59.3 Å². The van der Waals surface area contributed by atoms with Gasteiger partial charge >= 0.3 is 0 Å². The van der Waals surface area contributed by atoms with Gasteiger partial charge in [0.05, 0.1) is 0 Å². The highest BCUT2D eigenvalue weighted by molar-refractivity contribution is 5.76. The van der Waals surface area contributed by atoms with E-state index in [-0.39, 0.29) is 5.56 Å². The summed E-state index contributed by atoms with van der Waals surface area (Å²) in [6.07, 6.45) is 8.99. The van der Waals surface area contributed by atoms with Gasteiger partial charge in [-0.1, -0.05) is 69.9 Å². The molecule has 0 aliphatic heterocycles. The highest BCUT2D eigenvalue weighted by Crippen LogP contribution is 2.38. The average Bonchev–Trinajstić information content (AvgIpc) is 2.73. The first-order valence-electron chi connectivity index (χ1n) is 11.2. The average molecular weight is 442 g/mol. The van der Waals surface area contributed by atoms with E-state index in [2.05, 4.69) is 31.0 Å². The number of benzene rings is 2. The van der Waals surface area contributed by atoms with Crippen molar-refractivity contribution in [1.82, 2.24) is 0 Å². The normalized spacial score (nSPS) is 14.1. The summed E-state index contributed by atoms with van der Waals surface area (Å²) in [7, 11) is 0. The maximum absolute atomic E-state index is 15.0. The number of halogens is 3. The summed E-state index contributed by atoms with van der Waals surface area (Å²) in [4.78, 5) is 0. The Kier molecular flexibility index (Phi) is 8.94. The second-order valence-electron chi connectivity index (χ2n) is 8.33. The highest BCUT2D eigenvalue weighted by Gasteiger charge is 2.37. The van der Waals surface area contributed by atoms with Crippen molar-refractivity contribution >= 4 is 17.5 Å². The van der Waals surface area contributed by atoms with Gasteiger partial charge in [-0.15, -0.1) is 0 Å². The largest absolute Gasteiger partial charge is 0.356 e. The van der Waals surface area contributed by atoms with E-state index in [4.69, 9.17) is 0 Å². The molecule has 0 saturated heterocycles. The Balaban J connectivity index is 2.25. The molecule has 2 aromatic carbocycles. The molecule has 2 rings (SSSR count). The lowest BCUT2D eigenvalue weighted by Crippen LogP contribution is -2.28. The van der Waals surface area contributed by atoms with E-state index >= 15 is 0 Å². The van der Waals surface area contributed by atoms with Gasteiger partial charge in [-0.2, -0.15) is 0 Å². The Morgan fingerprint density at radius 2 is 1.78 bits per heavy atom. The van der Waals surface area contributed by atoms with Crippen molar-refractivity contribution in [3.8, 4) is 0 Å². The monoisotopic (exact) mass is 441 g/mol. The van der Waals surface area contributed by atoms with E-state index in [0.29, 0.717) is 17.7 Å². The van der Waals surface area contributed by atoms with Gasteiger partial charge in [0, 0.05) is 22.9 Å². The van der Waals surface area contributed by atoms with Crippen molar-refractivity contribution in [2.75, 3.05) is 5.32 Å². The maximum atomic E-state index is 15.0. The number of allylic oxidation sites excluding steroid dienone is 3. The van der Waals surface area contributed by atoms with Crippen LogP contribution in [-0.4, -0.2) is 5.92 Å². The molecule has 4 heteroatoms. The smallest absolute Gasteiger partial charge is 0.252 e. The SMILES string of the molecule is C=C(Nc1ccc(C)c(/C=C\CC)c1)c1ccc(C(C)C(/C=C\CC)C(C)(F)F)c(F)c1. The fraction of sp³-hybridized carbons (Fsp3) is 0.357. The lowest BCUT2D eigenvalue weighted by molar-refractivity contribution is -0.0290. The minimum Gasteiger partial charge on any atom is -0.356 e. The Hall–Kier alpha value is -2.75. The van der Waals surface area contributed by atoms with E-state index in [1.54, 1.807) is 25.1 Å². The van der Waals surface area contributed by atoms with Crippen LogP contribution in [0.25, 0.3) is 11.8 Å². The zero-order chi connectivity index (χ0) is 23.9. The molecule has 0 aromatic heterocycles. The number of hydrogen-bond acceptors (Lipinski definition) is 1. The minimum absolute atomic E-state index is 0.274. The van der Waals surface area contributed by atoms with Gasteiger partial charge in [0.1, 0.15) is 5.82 Å². The molecule has 0 aliphatic rings. The van der Waals surface area contributed by atoms with Crippen molar-refractivity contribution in [2.24, 2.45) is 5.92 Å². The van der Waals surface area contributed by atoms with Crippen molar-refractivity contribution in [3.63, 3.8) is 0 Å². The summed E-state index contributed by atoms with van der Waals surface area (Å²) in [6, 6.07) is 10.7. The van der Waals surface area contributed by atoms with Gasteiger partial charge < -0.3 is 5.32 Å². The van der Waals surface area contributed by atoms with Crippen LogP contribution in [0.15, 0.2) is 61.2 Å². The Labute approximate surface area is 190 Å². The molecule has 0 bridgehead atoms. The summed E-state index contributed by atoms with van der Waals surface area (Å²) >= 11 is 0. The molecule has 0 fully saturated rings. The van der Waals surface area contributed by atoms with Crippen LogP contribution in [0.4, 0.5) is 18.9 Å². The zero-order valence-electron chi connectivity index (χ0n) is 19.7. The molecule has 2 atom stereocenters. The lowest BCUT2D eigenvalue weighted by atomic mass is 9.82. The van der Waals surface area contributed by atoms with Crippen LogP contribution in [-0.2, 0) is 0 Å². The molecule has 2 aromatic rings. The fourth-order valence-electron chi connectivity index (χ4n) is 3.72. The van der Waals surface area contributed by atoms with Crippen LogP contribution >= 0.6 is 0 Å². The van der Waals surface area contributed by atoms with Crippen LogP contribution in [0.3, 0.4) is 0 Å². The Morgan fingerprint density at radius 3 is 2.38 bits per heavy atom. The standard InChI is InChI=1S/C28H34F3N/c1-7-9-11-22-17-24(15-13-19(22)3)32-21(5)23-14-16-25(27(29)18-23)20(4)26(12-10-8-2)28(6,30)31/h9-18,20,26,32H,5,7-8H2,1-4,6H3/b11-9-,12-10-. The molecule has 0 amide bonds. The number of anilines is 1. The first-order chi connectivity index (χ1) is 15.1. The topological polar surface area (TPSA) is 12.0 Å². The van der Waals surface area contributed by atoms with Gasteiger partial charge in [-0.25, -0.2) is 13.2 Å². The molecule has 172 valence electrons. The van der Waals surface area contributed by atoms with Crippen LogP contribution in [0.5, 0.6) is 0 Å². The third-order valence-electron chi connectivity index (χ3n) is 5.65. The molecule has 0 saturated carbocycles. The van der Waals surface area contributed by atoms with Gasteiger partial charge in [0.2, 0.25) is 0 Å². The number of aryl methyl sites for hydroxylation is 1. The van der Waals surface area contributed by atoms with E-state index in [9.17, 15) is 13.2 Å². The van der Waals surface area contributed by atoms with E-state index < -0.39 is 23.6 Å². The van der Waals surface area contributed by atoms with E-state index in [1.165, 1.54) is 12.1 Å². The second-order valence-corrected chi connectivity index (χ2v) is 8.33. The third-order valence-corrected chi connectivity index (χ3v) is 5.65.